The number of nitrogens with zero attached hydrogens (tertiary/aromatic N) is 4. The average molecular weight is 466 g/mol. The summed E-state index contributed by atoms with van der Waals surface area (Å²) in [6.45, 7) is 6.38. The molecule has 3 aromatic heterocycles. The van der Waals surface area contributed by atoms with Gasteiger partial charge in [-0.15, -0.1) is 0 Å². The number of unbranched alkanes of at least 4 members (excludes halogenated alkanes) is 1. The van der Waals surface area contributed by atoms with Gasteiger partial charge in [0, 0.05) is 18.7 Å². The van der Waals surface area contributed by atoms with Crippen molar-refractivity contribution in [3.05, 3.63) is 68.3 Å². The van der Waals surface area contributed by atoms with Gasteiger partial charge in [0.25, 0.3) is 5.56 Å². The Hall–Kier alpha value is -3.95. The number of H-pyrrole nitrogens is 1. The Balaban J connectivity index is 1.69. The minimum atomic E-state index is -0.606. The molecule has 0 aliphatic carbocycles. The van der Waals surface area contributed by atoms with Crippen molar-refractivity contribution in [1.82, 2.24) is 24.3 Å². The lowest BCUT2D eigenvalue weighted by Gasteiger charge is -2.09. The van der Waals surface area contributed by atoms with E-state index in [0.717, 1.165) is 24.8 Å². The molecule has 0 atom stereocenters. The van der Waals surface area contributed by atoms with Crippen LogP contribution in [0.4, 0.5) is 0 Å². The average Bonchev–Trinajstić information content (AvgIpc) is 3.39. The van der Waals surface area contributed by atoms with E-state index in [-0.39, 0.29) is 12.2 Å². The summed E-state index contributed by atoms with van der Waals surface area (Å²) in [6, 6.07) is 9.22. The van der Waals surface area contributed by atoms with Crippen LogP contribution in [0.1, 0.15) is 55.1 Å². The van der Waals surface area contributed by atoms with E-state index >= 15 is 0 Å². The van der Waals surface area contributed by atoms with Crippen LogP contribution in [0.2, 0.25) is 0 Å². The zero-order valence-electron chi connectivity index (χ0n) is 19.5. The molecule has 0 bridgehead atoms. The number of hydrogen-bond donors (Lipinski definition) is 1. The molecule has 10 nitrogen and oxygen atoms in total. The highest BCUT2D eigenvalue weighted by atomic mass is 16.5. The van der Waals surface area contributed by atoms with Gasteiger partial charge in [-0.25, -0.2) is 14.6 Å². The number of aryl methyl sites for hydroxylation is 3. The van der Waals surface area contributed by atoms with Crippen LogP contribution in [0, 0.1) is 6.92 Å². The Morgan fingerprint density at radius 3 is 2.56 bits per heavy atom. The van der Waals surface area contributed by atoms with E-state index in [9.17, 15) is 14.4 Å². The number of nitrogens with one attached hydrogen (secondary N) is 1. The first-order valence-corrected chi connectivity index (χ1v) is 11.4. The van der Waals surface area contributed by atoms with Gasteiger partial charge in [-0.3, -0.25) is 14.3 Å². The summed E-state index contributed by atoms with van der Waals surface area (Å²) in [5.41, 5.74) is 0.964. The van der Waals surface area contributed by atoms with Crippen LogP contribution < -0.4 is 11.2 Å². The molecule has 178 valence electrons. The number of fused-ring (bicyclic) bond motifs is 1. The smallest absolute Gasteiger partial charge is 0.344 e. The maximum atomic E-state index is 13.0. The van der Waals surface area contributed by atoms with Crippen molar-refractivity contribution in [2.45, 2.75) is 59.7 Å². The fourth-order valence-electron chi connectivity index (χ4n) is 3.92. The predicted octanol–water partition coefficient (Wildman–Crippen LogP) is 3.42. The van der Waals surface area contributed by atoms with Crippen molar-refractivity contribution < 1.29 is 14.1 Å². The van der Waals surface area contributed by atoms with E-state index in [0.29, 0.717) is 41.5 Å². The second-order valence-electron chi connectivity index (χ2n) is 8.02. The van der Waals surface area contributed by atoms with Gasteiger partial charge in [-0.05, 0) is 19.8 Å². The minimum Gasteiger partial charge on any atom is -0.454 e. The molecule has 1 N–H and O–H groups in total. The molecule has 0 saturated carbocycles. The summed E-state index contributed by atoms with van der Waals surface area (Å²) >= 11 is 0. The number of aromatic nitrogens is 5. The van der Waals surface area contributed by atoms with Crippen molar-refractivity contribution >= 4 is 17.1 Å². The summed E-state index contributed by atoms with van der Waals surface area (Å²) in [4.78, 5) is 45.0. The van der Waals surface area contributed by atoms with Crippen molar-refractivity contribution in [2.24, 2.45) is 0 Å². The largest absolute Gasteiger partial charge is 0.454 e. The van der Waals surface area contributed by atoms with E-state index in [1.54, 1.807) is 11.5 Å². The third kappa shape index (κ3) is 4.30. The molecule has 0 radical (unpaired) electrons. The number of imidazole rings is 1. The van der Waals surface area contributed by atoms with Gasteiger partial charge < -0.3 is 13.8 Å². The van der Waals surface area contributed by atoms with Gasteiger partial charge in [0.15, 0.2) is 11.2 Å². The highest BCUT2D eigenvalue weighted by molar-refractivity contribution is 5.97. The molecular formula is C24H27N5O5. The maximum absolute atomic E-state index is 13.0. The van der Waals surface area contributed by atoms with Gasteiger partial charge >= 0.3 is 11.7 Å². The number of carbonyl (C=O) groups is 1. The first-order chi connectivity index (χ1) is 16.5. The first kappa shape index (κ1) is 23.2. The summed E-state index contributed by atoms with van der Waals surface area (Å²) in [6.07, 6.45) is 2.37. The van der Waals surface area contributed by atoms with Gasteiger partial charge in [-0.1, -0.05) is 55.8 Å². The fourth-order valence-corrected chi connectivity index (χ4v) is 3.92. The number of aromatic amines is 1. The van der Waals surface area contributed by atoms with Crippen molar-refractivity contribution in [2.75, 3.05) is 0 Å². The maximum Gasteiger partial charge on any atom is 0.344 e. The third-order valence-corrected chi connectivity index (χ3v) is 5.59. The molecule has 0 aliphatic heterocycles. The molecule has 0 spiro atoms. The Labute approximate surface area is 195 Å². The summed E-state index contributed by atoms with van der Waals surface area (Å²) < 4.78 is 14.0. The molecule has 0 amide bonds. The zero-order chi connectivity index (χ0) is 24.2. The highest BCUT2D eigenvalue weighted by Crippen LogP contribution is 2.26. The SMILES string of the molecule is CCCCn1c(=O)[nH]c(=O)c2c1nc(COC(=O)c1c(-c3ccccc3)noc1C)n2CCC. The van der Waals surface area contributed by atoms with Gasteiger partial charge in [0.2, 0.25) is 0 Å². The standard InChI is InChI=1S/C24H27N5O5/c1-4-6-13-29-21-20(22(30)26-24(29)32)28(12-5-2)17(25-21)14-33-23(31)18-15(3)34-27-19(18)16-10-8-7-9-11-16/h7-11H,4-6,12-14H2,1-3H3,(H,26,30,32). The van der Waals surface area contributed by atoms with Crippen LogP contribution in [-0.2, 0) is 24.4 Å². The van der Waals surface area contributed by atoms with E-state index in [1.807, 2.05) is 44.2 Å². The second kappa shape index (κ2) is 9.90. The number of benzene rings is 1. The van der Waals surface area contributed by atoms with Crippen molar-refractivity contribution in [1.29, 1.82) is 0 Å². The fraction of sp³-hybridized carbons (Fsp3) is 0.375. The molecule has 3 heterocycles. The van der Waals surface area contributed by atoms with Gasteiger partial charge in [0.05, 0.1) is 0 Å². The Kier molecular flexibility index (Phi) is 6.76. The lowest BCUT2D eigenvalue weighted by atomic mass is 10.1. The molecule has 0 unspecified atom stereocenters. The molecule has 0 saturated heterocycles. The highest BCUT2D eigenvalue weighted by Gasteiger charge is 2.24. The lowest BCUT2D eigenvalue weighted by molar-refractivity contribution is 0.0457. The molecule has 4 rings (SSSR count). The number of rotatable bonds is 9. The summed E-state index contributed by atoms with van der Waals surface area (Å²) in [7, 11) is 0. The monoisotopic (exact) mass is 465 g/mol. The van der Waals surface area contributed by atoms with Crippen LogP contribution in [0.25, 0.3) is 22.4 Å². The van der Waals surface area contributed by atoms with Crippen LogP contribution in [-0.4, -0.2) is 30.2 Å². The molecule has 1 aromatic carbocycles. The Morgan fingerprint density at radius 2 is 1.85 bits per heavy atom. The molecule has 10 heteroatoms. The number of esters is 1. The predicted molar refractivity (Wildman–Crippen MR) is 126 cm³/mol. The van der Waals surface area contributed by atoms with Gasteiger partial charge in [0.1, 0.15) is 29.4 Å². The Morgan fingerprint density at radius 1 is 1.09 bits per heavy atom. The molecule has 4 aromatic rings. The quantitative estimate of drug-likeness (QED) is 0.376. The number of hydrogen-bond acceptors (Lipinski definition) is 7. The first-order valence-electron chi connectivity index (χ1n) is 11.4. The van der Waals surface area contributed by atoms with E-state index < -0.39 is 17.2 Å². The third-order valence-electron chi connectivity index (χ3n) is 5.59. The lowest BCUT2D eigenvalue weighted by Crippen LogP contribution is -2.31. The number of ether oxygens (including phenoxy) is 1. The van der Waals surface area contributed by atoms with Crippen molar-refractivity contribution in [3.63, 3.8) is 0 Å². The Bertz CT molecular complexity index is 1430. The molecule has 34 heavy (non-hydrogen) atoms. The van der Waals surface area contributed by atoms with Crippen LogP contribution in [0.5, 0.6) is 0 Å². The second-order valence-corrected chi connectivity index (χ2v) is 8.02. The zero-order valence-corrected chi connectivity index (χ0v) is 19.5. The van der Waals surface area contributed by atoms with Crippen LogP contribution in [0.3, 0.4) is 0 Å². The van der Waals surface area contributed by atoms with E-state index in [4.69, 9.17) is 9.26 Å². The molecular weight excluding hydrogens is 438 g/mol. The topological polar surface area (TPSA) is 125 Å². The minimum absolute atomic E-state index is 0.173. The van der Waals surface area contributed by atoms with Gasteiger partial charge in [-0.2, -0.15) is 0 Å². The summed E-state index contributed by atoms with van der Waals surface area (Å²) in [5, 5.41) is 4.03. The van der Waals surface area contributed by atoms with Crippen LogP contribution in [0.15, 0.2) is 44.4 Å². The van der Waals surface area contributed by atoms with Crippen LogP contribution >= 0.6 is 0 Å². The van der Waals surface area contributed by atoms with E-state index in [1.165, 1.54) is 4.57 Å². The number of carbonyl (C=O) groups excluding carboxylic acids is 1. The van der Waals surface area contributed by atoms with Crippen molar-refractivity contribution in [3.8, 4) is 11.3 Å². The molecule has 0 aliphatic rings. The van der Waals surface area contributed by atoms with E-state index in [2.05, 4.69) is 15.1 Å². The molecule has 0 fully saturated rings. The summed E-state index contributed by atoms with van der Waals surface area (Å²) in [5.74, 6) is 0.127. The normalized spacial score (nSPS) is 11.3.